The minimum atomic E-state index is -0.560. The van der Waals surface area contributed by atoms with Crippen LogP contribution in [0.1, 0.15) is 10.6 Å². The van der Waals surface area contributed by atoms with Crippen molar-refractivity contribution in [3.8, 4) is 0 Å². The Hall–Kier alpha value is -3.85. The van der Waals surface area contributed by atoms with Crippen molar-refractivity contribution in [2.45, 2.75) is 0 Å². The molecule has 9 heteroatoms. The lowest BCUT2D eigenvalue weighted by atomic mass is 10.1. The van der Waals surface area contributed by atoms with Crippen molar-refractivity contribution in [1.82, 2.24) is 10.3 Å². The molecular formula is C19H12N4O4S. The van der Waals surface area contributed by atoms with E-state index in [1.54, 1.807) is 42.6 Å². The number of aromatic nitrogens is 1. The molecule has 28 heavy (non-hydrogen) atoms. The number of carbonyl (C=O) groups is 1. The molecule has 8 nitrogen and oxygen atoms in total. The van der Waals surface area contributed by atoms with Crippen LogP contribution in [0.4, 0.5) is 11.4 Å². The van der Waals surface area contributed by atoms with Crippen molar-refractivity contribution in [3.63, 3.8) is 0 Å². The fraction of sp³-hybridized carbons (Fsp3) is 0. The van der Waals surface area contributed by atoms with Gasteiger partial charge in [0.15, 0.2) is 10.9 Å². The van der Waals surface area contributed by atoms with Crippen LogP contribution in [0.25, 0.3) is 21.9 Å². The predicted molar refractivity (Wildman–Crippen MR) is 108 cm³/mol. The van der Waals surface area contributed by atoms with E-state index in [4.69, 9.17) is 16.6 Å². The third kappa shape index (κ3) is 3.26. The number of anilines is 1. The smallest absolute Gasteiger partial charge is 0.293 e. The number of hydrogen-bond donors (Lipinski definition) is 2. The van der Waals surface area contributed by atoms with E-state index in [1.165, 1.54) is 6.07 Å². The maximum atomic E-state index is 12.4. The summed E-state index contributed by atoms with van der Waals surface area (Å²) in [5, 5.41) is 17.8. The highest BCUT2D eigenvalue weighted by Crippen LogP contribution is 2.32. The molecule has 0 spiro atoms. The van der Waals surface area contributed by atoms with E-state index in [0.717, 1.165) is 5.39 Å². The number of amides is 1. The Labute approximate surface area is 163 Å². The van der Waals surface area contributed by atoms with Gasteiger partial charge in [0.1, 0.15) is 11.3 Å². The van der Waals surface area contributed by atoms with Crippen LogP contribution in [-0.2, 0) is 0 Å². The standard InChI is InChI=1S/C19H12N4O4S/c24-18(16-10-11-4-1-2-6-15(11)27-16)22-19(28)21-17-12-5-3-9-20-13(12)7-8-14(17)23(25)26/h1-10H,(H2,21,22,24,28). The summed E-state index contributed by atoms with van der Waals surface area (Å²) in [7, 11) is 0. The minimum absolute atomic E-state index is 0.0828. The predicted octanol–water partition coefficient (Wildman–Crippen LogP) is 4.02. The Bertz CT molecular complexity index is 1220. The number of nitrogens with zero attached hydrogens (tertiary/aromatic N) is 2. The molecule has 2 aromatic carbocycles. The van der Waals surface area contributed by atoms with Gasteiger partial charge in [-0.05, 0) is 42.5 Å². The van der Waals surface area contributed by atoms with E-state index >= 15 is 0 Å². The Kier molecular flexibility index (Phi) is 4.42. The summed E-state index contributed by atoms with van der Waals surface area (Å²) >= 11 is 5.17. The van der Waals surface area contributed by atoms with Crippen molar-refractivity contribution in [2.75, 3.05) is 5.32 Å². The molecule has 0 bridgehead atoms. The molecule has 0 fully saturated rings. The van der Waals surface area contributed by atoms with Crippen LogP contribution in [0.2, 0.25) is 0 Å². The summed E-state index contributed by atoms with van der Waals surface area (Å²) in [4.78, 5) is 27.5. The number of benzene rings is 2. The number of carbonyl (C=O) groups excluding carboxylic acids is 1. The fourth-order valence-corrected chi connectivity index (χ4v) is 3.02. The van der Waals surface area contributed by atoms with Crippen molar-refractivity contribution in [3.05, 3.63) is 76.7 Å². The van der Waals surface area contributed by atoms with Crippen LogP contribution in [0, 0.1) is 10.1 Å². The van der Waals surface area contributed by atoms with Gasteiger partial charge in [-0.2, -0.15) is 0 Å². The van der Waals surface area contributed by atoms with Gasteiger partial charge in [-0.25, -0.2) is 0 Å². The normalized spacial score (nSPS) is 10.7. The highest BCUT2D eigenvalue weighted by atomic mass is 32.1. The Morgan fingerprint density at radius 3 is 2.75 bits per heavy atom. The topological polar surface area (TPSA) is 110 Å². The van der Waals surface area contributed by atoms with E-state index in [0.29, 0.717) is 16.5 Å². The molecule has 1 amide bonds. The maximum Gasteiger partial charge on any atom is 0.293 e. The first-order valence-corrected chi connectivity index (χ1v) is 8.57. The number of nitro benzene ring substituents is 1. The number of para-hydroxylation sites is 1. The van der Waals surface area contributed by atoms with Gasteiger partial charge < -0.3 is 9.73 Å². The second-order valence-corrected chi connectivity index (χ2v) is 6.25. The Morgan fingerprint density at radius 1 is 1.14 bits per heavy atom. The van der Waals surface area contributed by atoms with E-state index in [-0.39, 0.29) is 22.2 Å². The van der Waals surface area contributed by atoms with Gasteiger partial charge in [-0.1, -0.05) is 18.2 Å². The quantitative estimate of drug-likeness (QED) is 0.308. The number of furan rings is 1. The van der Waals surface area contributed by atoms with Gasteiger partial charge in [-0.15, -0.1) is 0 Å². The van der Waals surface area contributed by atoms with Gasteiger partial charge in [0, 0.05) is 23.0 Å². The molecule has 0 atom stereocenters. The SMILES string of the molecule is O=C(NC(=S)Nc1c([N+](=O)[O-])ccc2ncccc12)c1cc2ccccc2o1. The lowest BCUT2D eigenvalue weighted by Gasteiger charge is -2.11. The summed E-state index contributed by atoms with van der Waals surface area (Å²) in [5.41, 5.74) is 1.11. The lowest BCUT2D eigenvalue weighted by molar-refractivity contribution is -0.383. The van der Waals surface area contributed by atoms with Gasteiger partial charge in [0.05, 0.1) is 10.4 Å². The molecule has 0 unspecified atom stereocenters. The minimum Gasteiger partial charge on any atom is -0.451 e. The lowest BCUT2D eigenvalue weighted by Crippen LogP contribution is -2.34. The van der Waals surface area contributed by atoms with Gasteiger partial charge >= 0.3 is 0 Å². The number of hydrogen-bond acceptors (Lipinski definition) is 6. The molecule has 4 rings (SSSR count). The summed E-state index contributed by atoms with van der Waals surface area (Å²) in [6.45, 7) is 0. The zero-order valence-electron chi connectivity index (χ0n) is 14.2. The summed E-state index contributed by atoms with van der Waals surface area (Å²) in [5.74, 6) is -0.478. The largest absolute Gasteiger partial charge is 0.451 e. The van der Waals surface area contributed by atoms with E-state index in [9.17, 15) is 14.9 Å². The first kappa shape index (κ1) is 17.6. The van der Waals surface area contributed by atoms with E-state index in [1.807, 2.05) is 12.1 Å². The van der Waals surface area contributed by atoms with Crippen LogP contribution in [-0.4, -0.2) is 20.9 Å². The number of fused-ring (bicyclic) bond motifs is 2. The highest BCUT2D eigenvalue weighted by Gasteiger charge is 2.20. The van der Waals surface area contributed by atoms with Crippen LogP contribution in [0.15, 0.2) is 65.2 Å². The molecule has 0 saturated heterocycles. The van der Waals surface area contributed by atoms with Crippen molar-refractivity contribution < 1.29 is 14.1 Å². The number of nitro groups is 1. The van der Waals surface area contributed by atoms with Crippen LogP contribution >= 0.6 is 12.2 Å². The van der Waals surface area contributed by atoms with Gasteiger partial charge in [0.2, 0.25) is 0 Å². The molecule has 0 aliphatic carbocycles. The zero-order valence-corrected chi connectivity index (χ0v) is 15.0. The van der Waals surface area contributed by atoms with Crippen molar-refractivity contribution in [1.29, 1.82) is 0 Å². The first-order chi connectivity index (χ1) is 13.5. The van der Waals surface area contributed by atoms with Crippen molar-refractivity contribution in [2.24, 2.45) is 0 Å². The van der Waals surface area contributed by atoms with Crippen LogP contribution in [0.5, 0.6) is 0 Å². The third-order valence-corrected chi connectivity index (χ3v) is 4.28. The average molecular weight is 392 g/mol. The third-order valence-electron chi connectivity index (χ3n) is 4.07. The van der Waals surface area contributed by atoms with Crippen molar-refractivity contribution >= 4 is 56.5 Å². The molecule has 2 heterocycles. The molecule has 0 saturated carbocycles. The first-order valence-electron chi connectivity index (χ1n) is 8.16. The summed E-state index contributed by atoms with van der Waals surface area (Å²) in [6, 6.07) is 15.0. The monoisotopic (exact) mass is 392 g/mol. The molecule has 138 valence electrons. The fourth-order valence-electron chi connectivity index (χ4n) is 2.83. The van der Waals surface area contributed by atoms with Crippen LogP contribution in [0.3, 0.4) is 0 Å². The second kappa shape index (κ2) is 7.05. The highest BCUT2D eigenvalue weighted by molar-refractivity contribution is 7.80. The molecule has 2 aromatic heterocycles. The summed E-state index contributed by atoms with van der Waals surface area (Å²) < 4.78 is 5.50. The maximum absolute atomic E-state index is 12.4. The van der Waals surface area contributed by atoms with Gasteiger partial charge in [-0.3, -0.25) is 25.2 Å². The van der Waals surface area contributed by atoms with E-state index < -0.39 is 10.8 Å². The number of pyridine rings is 1. The molecule has 0 radical (unpaired) electrons. The number of rotatable bonds is 3. The van der Waals surface area contributed by atoms with Crippen LogP contribution < -0.4 is 10.6 Å². The zero-order chi connectivity index (χ0) is 19.7. The molecule has 0 aliphatic heterocycles. The molecule has 0 aliphatic rings. The molecular weight excluding hydrogens is 380 g/mol. The molecule has 4 aromatic rings. The summed E-state index contributed by atoms with van der Waals surface area (Å²) in [6.07, 6.45) is 1.58. The molecule has 2 N–H and O–H groups in total. The Balaban J connectivity index is 1.60. The second-order valence-electron chi connectivity index (χ2n) is 5.84. The Morgan fingerprint density at radius 2 is 1.96 bits per heavy atom. The number of thiocarbonyl (C=S) groups is 1. The average Bonchev–Trinajstić information content (AvgIpc) is 3.12. The number of nitrogens with one attached hydrogen (secondary N) is 2. The van der Waals surface area contributed by atoms with Gasteiger partial charge in [0.25, 0.3) is 11.6 Å². The van der Waals surface area contributed by atoms with E-state index in [2.05, 4.69) is 15.6 Å².